The maximum absolute atomic E-state index is 5.88. The minimum Gasteiger partial charge on any atom is -0.398 e. The summed E-state index contributed by atoms with van der Waals surface area (Å²) in [5, 5.41) is 0. The summed E-state index contributed by atoms with van der Waals surface area (Å²) in [4.78, 5) is 0. The van der Waals surface area contributed by atoms with Gasteiger partial charge in [-0.1, -0.05) is 42.8 Å². The van der Waals surface area contributed by atoms with Crippen LogP contribution in [0.5, 0.6) is 0 Å². The average molecular weight is 286 g/mol. The second-order valence-corrected chi connectivity index (χ2v) is 6.03. The van der Waals surface area contributed by atoms with Gasteiger partial charge in [0.15, 0.2) is 0 Å². The summed E-state index contributed by atoms with van der Waals surface area (Å²) in [6.45, 7) is 7.98. The van der Waals surface area contributed by atoms with Crippen molar-refractivity contribution in [1.29, 1.82) is 0 Å². The van der Waals surface area contributed by atoms with Gasteiger partial charge in [-0.25, -0.2) is 0 Å². The molecular weight excluding hydrogens is 266 g/mol. The zero-order valence-electron chi connectivity index (χ0n) is 10.2. The maximum Gasteiger partial charge on any atom is 0.0748 e. The summed E-state index contributed by atoms with van der Waals surface area (Å²) >= 11 is 3.48. The Morgan fingerprint density at radius 1 is 1.31 bits per heavy atom. The van der Waals surface area contributed by atoms with E-state index in [9.17, 15) is 0 Å². The molecule has 2 nitrogen and oxygen atoms in total. The first kappa shape index (κ1) is 13.5. The second kappa shape index (κ2) is 5.69. The summed E-state index contributed by atoms with van der Waals surface area (Å²) < 4.78 is 6.66. The highest BCUT2D eigenvalue weighted by Gasteiger charge is 2.10. The minimum absolute atomic E-state index is 0.319. The number of rotatable bonds is 4. The van der Waals surface area contributed by atoms with Crippen LogP contribution in [0.15, 0.2) is 22.7 Å². The van der Waals surface area contributed by atoms with Crippen LogP contribution in [0.1, 0.15) is 32.8 Å². The van der Waals surface area contributed by atoms with E-state index in [-0.39, 0.29) is 0 Å². The molecule has 0 atom stereocenters. The van der Waals surface area contributed by atoms with Crippen molar-refractivity contribution in [2.24, 2.45) is 5.41 Å². The van der Waals surface area contributed by atoms with Crippen molar-refractivity contribution in [2.75, 3.05) is 12.3 Å². The number of halogens is 1. The Morgan fingerprint density at radius 2 is 2.00 bits per heavy atom. The molecule has 0 amide bonds. The zero-order valence-corrected chi connectivity index (χ0v) is 11.8. The van der Waals surface area contributed by atoms with Gasteiger partial charge in [-0.3, -0.25) is 0 Å². The van der Waals surface area contributed by atoms with E-state index < -0.39 is 0 Å². The molecule has 1 rings (SSSR count). The van der Waals surface area contributed by atoms with Crippen molar-refractivity contribution < 1.29 is 4.74 Å². The Balaban J connectivity index is 2.43. The van der Waals surface area contributed by atoms with Crippen LogP contribution in [0.3, 0.4) is 0 Å². The highest BCUT2D eigenvalue weighted by Crippen LogP contribution is 2.24. The third-order valence-corrected chi connectivity index (χ3v) is 3.14. The first-order chi connectivity index (χ1) is 7.40. The van der Waals surface area contributed by atoms with Crippen LogP contribution in [0.4, 0.5) is 5.69 Å². The number of benzene rings is 1. The van der Waals surface area contributed by atoms with E-state index in [4.69, 9.17) is 10.5 Å². The average Bonchev–Trinajstić information content (AvgIpc) is 2.14. The molecule has 0 bridgehead atoms. The molecule has 3 heteroatoms. The van der Waals surface area contributed by atoms with E-state index in [1.165, 1.54) is 0 Å². The standard InChI is InChI=1S/C13H20BrNO/c1-13(2,3)7-8-16-9-10-11(14)5-4-6-12(10)15/h4-6H,7-9,15H2,1-3H3. The Hall–Kier alpha value is -0.540. The molecule has 0 unspecified atom stereocenters. The van der Waals surface area contributed by atoms with Crippen LogP contribution in [-0.4, -0.2) is 6.61 Å². The first-order valence-corrected chi connectivity index (χ1v) is 6.30. The van der Waals surface area contributed by atoms with E-state index in [0.717, 1.165) is 28.8 Å². The molecule has 1 aromatic carbocycles. The molecule has 0 heterocycles. The topological polar surface area (TPSA) is 35.2 Å². The van der Waals surface area contributed by atoms with Gasteiger partial charge in [0.25, 0.3) is 0 Å². The smallest absolute Gasteiger partial charge is 0.0748 e. The fourth-order valence-corrected chi connectivity index (χ4v) is 1.78. The lowest BCUT2D eigenvalue weighted by Crippen LogP contribution is -2.10. The molecule has 0 aromatic heterocycles. The summed E-state index contributed by atoms with van der Waals surface area (Å²) in [5.41, 5.74) is 8.02. The molecule has 0 aliphatic carbocycles. The van der Waals surface area contributed by atoms with Crippen molar-refractivity contribution in [3.05, 3.63) is 28.2 Å². The van der Waals surface area contributed by atoms with Crippen LogP contribution in [0, 0.1) is 5.41 Å². The van der Waals surface area contributed by atoms with Gasteiger partial charge in [-0.05, 0) is 24.0 Å². The molecule has 0 radical (unpaired) electrons. The van der Waals surface area contributed by atoms with Gasteiger partial charge in [0.05, 0.1) is 6.61 Å². The third-order valence-electron chi connectivity index (χ3n) is 2.40. The van der Waals surface area contributed by atoms with Crippen LogP contribution in [-0.2, 0) is 11.3 Å². The minimum atomic E-state index is 0.319. The van der Waals surface area contributed by atoms with Crippen molar-refractivity contribution in [3.63, 3.8) is 0 Å². The first-order valence-electron chi connectivity index (χ1n) is 5.51. The Morgan fingerprint density at radius 3 is 2.56 bits per heavy atom. The number of ether oxygens (including phenoxy) is 1. The van der Waals surface area contributed by atoms with Gasteiger partial charge in [0.2, 0.25) is 0 Å². The Kier molecular flexibility index (Phi) is 4.81. The van der Waals surface area contributed by atoms with Crippen molar-refractivity contribution in [2.45, 2.75) is 33.8 Å². The van der Waals surface area contributed by atoms with Gasteiger partial charge in [-0.15, -0.1) is 0 Å². The molecular formula is C13H20BrNO. The highest BCUT2D eigenvalue weighted by atomic mass is 79.9. The Bertz CT molecular complexity index is 324. The highest BCUT2D eigenvalue weighted by molar-refractivity contribution is 9.10. The van der Waals surface area contributed by atoms with Gasteiger partial charge >= 0.3 is 0 Å². The second-order valence-electron chi connectivity index (χ2n) is 5.17. The van der Waals surface area contributed by atoms with Crippen molar-refractivity contribution in [1.82, 2.24) is 0 Å². The van der Waals surface area contributed by atoms with Gasteiger partial charge in [0, 0.05) is 22.3 Å². The fourth-order valence-electron chi connectivity index (χ4n) is 1.28. The molecule has 1 aromatic rings. The number of nitrogen functional groups attached to an aromatic ring is 1. The van der Waals surface area contributed by atoms with Gasteiger partial charge in [0.1, 0.15) is 0 Å². The predicted octanol–water partition coefficient (Wildman–Crippen LogP) is 3.98. The van der Waals surface area contributed by atoms with E-state index in [1.54, 1.807) is 0 Å². The lowest BCUT2D eigenvalue weighted by molar-refractivity contribution is 0.0962. The summed E-state index contributed by atoms with van der Waals surface area (Å²) in [5.74, 6) is 0. The zero-order chi connectivity index (χ0) is 12.2. The fraction of sp³-hybridized carbons (Fsp3) is 0.538. The summed E-state index contributed by atoms with van der Waals surface area (Å²) in [6, 6.07) is 5.81. The van der Waals surface area contributed by atoms with Crippen LogP contribution < -0.4 is 5.73 Å². The quantitative estimate of drug-likeness (QED) is 0.671. The van der Waals surface area contributed by atoms with Crippen LogP contribution >= 0.6 is 15.9 Å². The maximum atomic E-state index is 5.88. The number of hydrogen-bond acceptors (Lipinski definition) is 2. The predicted molar refractivity (Wildman–Crippen MR) is 72.3 cm³/mol. The molecule has 0 aliphatic rings. The summed E-state index contributed by atoms with van der Waals surface area (Å²) in [6.07, 6.45) is 1.05. The Labute approximate surface area is 106 Å². The monoisotopic (exact) mass is 285 g/mol. The number of anilines is 1. The van der Waals surface area contributed by atoms with E-state index in [0.29, 0.717) is 12.0 Å². The van der Waals surface area contributed by atoms with E-state index in [2.05, 4.69) is 36.7 Å². The summed E-state index contributed by atoms with van der Waals surface area (Å²) in [7, 11) is 0. The normalized spacial score (nSPS) is 11.8. The molecule has 0 fully saturated rings. The lowest BCUT2D eigenvalue weighted by atomic mass is 9.93. The molecule has 0 aliphatic heterocycles. The van der Waals surface area contributed by atoms with Crippen LogP contribution in [0.2, 0.25) is 0 Å². The molecule has 16 heavy (non-hydrogen) atoms. The van der Waals surface area contributed by atoms with Crippen molar-refractivity contribution >= 4 is 21.6 Å². The van der Waals surface area contributed by atoms with E-state index in [1.807, 2.05) is 18.2 Å². The number of hydrogen-bond donors (Lipinski definition) is 1. The molecule has 2 N–H and O–H groups in total. The largest absolute Gasteiger partial charge is 0.398 e. The molecule has 0 spiro atoms. The molecule has 0 saturated heterocycles. The van der Waals surface area contributed by atoms with Crippen LogP contribution in [0.25, 0.3) is 0 Å². The van der Waals surface area contributed by atoms with Gasteiger partial charge < -0.3 is 10.5 Å². The van der Waals surface area contributed by atoms with Crippen molar-refractivity contribution in [3.8, 4) is 0 Å². The molecule has 0 saturated carbocycles. The SMILES string of the molecule is CC(C)(C)CCOCc1c(N)cccc1Br. The van der Waals surface area contributed by atoms with E-state index >= 15 is 0 Å². The molecule has 90 valence electrons. The number of nitrogens with two attached hydrogens (primary N) is 1. The third kappa shape index (κ3) is 4.54. The van der Waals surface area contributed by atoms with Gasteiger partial charge in [-0.2, -0.15) is 0 Å². The lowest BCUT2D eigenvalue weighted by Gasteiger charge is -2.18.